The number of morpholine rings is 1. The Bertz CT molecular complexity index is 801. The van der Waals surface area contributed by atoms with Crippen LogP contribution in [-0.2, 0) is 9.47 Å². The fraction of sp³-hybridized carbons (Fsp3) is 0.474. The van der Waals surface area contributed by atoms with Crippen LogP contribution in [0.1, 0.15) is 23.5 Å². The molecule has 0 radical (unpaired) electrons. The molecule has 146 valence electrons. The Morgan fingerprint density at radius 3 is 2.81 bits per heavy atom. The molecule has 7 nitrogen and oxygen atoms in total. The van der Waals surface area contributed by atoms with Crippen molar-refractivity contribution >= 4 is 39.1 Å². The minimum atomic E-state index is -0.317. The number of hydrogen-bond donors (Lipinski definition) is 2. The first-order valence-corrected chi connectivity index (χ1v) is 9.96. The second-order valence-electron chi connectivity index (χ2n) is 6.42. The molecular formula is C19H25N3O4S. The lowest BCUT2D eigenvalue weighted by molar-refractivity contribution is 0.0209. The SMILES string of the molecule is CCOC(=O)c1cc2cc(NC(=O)NC[C@@H](C)N3CCOCC3)ccc2s1. The monoisotopic (exact) mass is 391 g/mol. The normalized spacial score (nSPS) is 16.1. The summed E-state index contributed by atoms with van der Waals surface area (Å²) in [4.78, 5) is 26.9. The summed E-state index contributed by atoms with van der Waals surface area (Å²) in [7, 11) is 0. The molecule has 27 heavy (non-hydrogen) atoms. The smallest absolute Gasteiger partial charge is 0.348 e. The summed E-state index contributed by atoms with van der Waals surface area (Å²) in [6, 6.07) is 7.40. The van der Waals surface area contributed by atoms with Gasteiger partial charge in [0.1, 0.15) is 4.88 Å². The van der Waals surface area contributed by atoms with E-state index in [0.717, 1.165) is 36.4 Å². The van der Waals surface area contributed by atoms with E-state index >= 15 is 0 Å². The summed E-state index contributed by atoms with van der Waals surface area (Å²) in [5, 5.41) is 6.67. The maximum absolute atomic E-state index is 12.2. The zero-order valence-corrected chi connectivity index (χ0v) is 16.4. The predicted octanol–water partition coefficient (Wildman–Crippen LogP) is 2.92. The van der Waals surface area contributed by atoms with Crippen LogP contribution in [0.4, 0.5) is 10.5 Å². The molecule has 8 heteroatoms. The molecule has 2 aromatic rings. The van der Waals surface area contributed by atoms with Crippen molar-refractivity contribution in [2.24, 2.45) is 0 Å². The average molecular weight is 391 g/mol. The molecule has 1 fully saturated rings. The van der Waals surface area contributed by atoms with Crippen molar-refractivity contribution in [3.05, 3.63) is 29.1 Å². The number of urea groups is 1. The average Bonchev–Trinajstić information content (AvgIpc) is 3.10. The Morgan fingerprint density at radius 1 is 1.30 bits per heavy atom. The molecule has 1 aliphatic rings. The van der Waals surface area contributed by atoms with Gasteiger partial charge < -0.3 is 20.1 Å². The Kier molecular flexibility index (Phi) is 6.65. The van der Waals surface area contributed by atoms with Crippen LogP contribution < -0.4 is 10.6 Å². The molecule has 3 rings (SSSR count). The highest BCUT2D eigenvalue weighted by Gasteiger charge is 2.17. The Morgan fingerprint density at radius 2 is 2.07 bits per heavy atom. The van der Waals surface area contributed by atoms with Gasteiger partial charge >= 0.3 is 12.0 Å². The lowest BCUT2D eigenvalue weighted by atomic mass is 10.2. The molecule has 2 amide bonds. The van der Waals surface area contributed by atoms with E-state index in [2.05, 4.69) is 22.5 Å². The minimum Gasteiger partial charge on any atom is -0.462 e. The highest BCUT2D eigenvalue weighted by Crippen LogP contribution is 2.28. The van der Waals surface area contributed by atoms with Crippen LogP contribution in [0, 0.1) is 0 Å². The number of thiophene rings is 1. The third kappa shape index (κ3) is 5.18. The van der Waals surface area contributed by atoms with Gasteiger partial charge in [-0.3, -0.25) is 4.90 Å². The van der Waals surface area contributed by atoms with E-state index in [4.69, 9.17) is 9.47 Å². The summed E-state index contributed by atoms with van der Waals surface area (Å²) in [5.41, 5.74) is 0.687. The highest BCUT2D eigenvalue weighted by molar-refractivity contribution is 7.20. The van der Waals surface area contributed by atoms with Crippen molar-refractivity contribution in [1.82, 2.24) is 10.2 Å². The van der Waals surface area contributed by atoms with Crippen molar-refractivity contribution in [1.29, 1.82) is 0 Å². The number of nitrogens with zero attached hydrogens (tertiary/aromatic N) is 1. The first kappa shape index (κ1) is 19.6. The van der Waals surface area contributed by atoms with Gasteiger partial charge in [0.15, 0.2) is 0 Å². The summed E-state index contributed by atoms with van der Waals surface area (Å²) in [6.07, 6.45) is 0. The van der Waals surface area contributed by atoms with Crippen molar-refractivity contribution < 1.29 is 19.1 Å². The number of esters is 1. The van der Waals surface area contributed by atoms with Gasteiger partial charge in [0.25, 0.3) is 0 Å². The van der Waals surface area contributed by atoms with Crippen molar-refractivity contribution in [3.63, 3.8) is 0 Å². The van der Waals surface area contributed by atoms with Crippen LogP contribution in [0.2, 0.25) is 0 Å². The minimum absolute atomic E-state index is 0.240. The molecule has 1 atom stereocenters. The largest absolute Gasteiger partial charge is 0.462 e. The number of carbonyl (C=O) groups is 2. The van der Waals surface area contributed by atoms with E-state index < -0.39 is 0 Å². The summed E-state index contributed by atoms with van der Waals surface area (Å²) in [5.74, 6) is -0.317. The van der Waals surface area contributed by atoms with Crippen LogP contribution >= 0.6 is 11.3 Å². The molecule has 0 spiro atoms. The van der Waals surface area contributed by atoms with Gasteiger partial charge in [0.2, 0.25) is 0 Å². The zero-order chi connectivity index (χ0) is 19.2. The van der Waals surface area contributed by atoms with Crippen molar-refractivity contribution in [2.45, 2.75) is 19.9 Å². The number of fused-ring (bicyclic) bond motifs is 1. The lowest BCUT2D eigenvalue weighted by Crippen LogP contribution is -2.47. The number of amides is 2. The van der Waals surface area contributed by atoms with Crippen LogP contribution in [0.15, 0.2) is 24.3 Å². The third-order valence-electron chi connectivity index (χ3n) is 4.48. The number of rotatable bonds is 6. The maximum Gasteiger partial charge on any atom is 0.348 e. The Hall–Kier alpha value is -2.16. The molecular weight excluding hydrogens is 366 g/mol. The van der Waals surface area contributed by atoms with E-state index in [0.29, 0.717) is 23.7 Å². The molecule has 2 N–H and O–H groups in total. The van der Waals surface area contributed by atoms with Crippen molar-refractivity contribution in [2.75, 3.05) is 44.8 Å². The number of anilines is 1. The predicted molar refractivity (Wildman–Crippen MR) is 107 cm³/mol. The molecule has 1 saturated heterocycles. The number of benzene rings is 1. The molecule has 0 unspecified atom stereocenters. The van der Waals surface area contributed by atoms with E-state index in [-0.39, 0.29) is 18.0 Å². The van der Waals surface area contributed by atoms with Gasteiger partial charge in [-0.05, 0) is 43.5 Å². The van der Waals surface area contributed by atoms with E-state index in [1.54, 1.807) is 13.0 Å². The van der Waals surface area contributed by atoms with Gasteiger partial charge in [-0.25, -0.2) is 9.59 Å². The summed E-state index contributed by atoms with van der Waals surface area (Å²) in [6.45, 7) is 8.06. The van der Waals surface area contributed by atoms with Crippen LogP contribution in [0.25, 0.3) is 10.1 Å². The number of carbonyl (C=O) groups excluding carboxylic acids is 2. The molecule has 0 saturated carbocycles. The fourth-order valence-electron chi connectivity index (χ4n) is 2.99. The fourth-order valence-corrected chi connectivity index (χ4v) is 3.92. The molecule has 2 heterocycles. The molecule has 0 aliphatic carbocycles. The number of nitrogens with one attached hydrogen (secondary N) is 2. The van der Waals surface area contributed by atoms with E-state index in [9.17, 15) is 9.59 Å². The van der Waals surface area contributed by atoms with Gasteiger partial charge in [-0.15, -0.1) is 11.3 Å². The van der Waals surface area contributed by atoms with Gasteiger partial charge in [0, 0.05) is 36.1 Å². The van der Waals surface area contributed by atoms with Gasteiger partial charge in [-0.2, -0.15) is 0 Å². The van der Waals surface area contributed by atoms with E-state index in [1.807, 2.05) is 18.2 Å². The van der Waals surface area contributed by atoms with Crippen LogP contribution in [-0.4, -0.2) is 62.4 Å². The molecule has 1 aromatic heterocycles. The van der Waals surface area contributed by atoms with Crippen molar-refractivity contribution in [3.8, 4) is 0 Å². The van der Waals surface area contributed by atoms with Gasteiger partial charge in [-0.1, -0.05) is 0 Å². The van der Waals surface area contributed by atoms with E-state index in [1.165, 1.54) is 11.3 Å². The standard InChI is InChI=1S/C19H25N3O4S/c1-3-26-18(23)17-11-14-10-15(4-5-16(14)27-17)21-19(24)20-12-13(2)22-6-8-25-9-7-22/h4-5,10-11,13H,3,6-9,12H2,1-2H3,(H2,20,21,24)/t13-/m1/s1. The quantitative estimate of drug-likeness (QED) is 0.740. The first-order chi connectivity index (χ1) is 13.1. The lowest BCUT2D eigenvalue weighted by Gasteiger charge is -2.32. The zero-order valence-electron chi connectivity index (χ0n) is 15.6. The van der Waals surface area contributed by atoms with Crippen LogP contribution in [0.3, 0.4) is 0 Å². The van der Waals surface area contributed by atoms with Crippen LogP contribution in [0.5, 0.6) is 0 Å². The van der Waals surface area contributed by atoms with Gasteiger partial charge in [0.05, 0.1) is 19.8 Å². The second kappa shape index (κ2) is 9.16. The summed E-state index contributed by atoms with van der Waals surface area (Å²) < 4.78 is 11.4. The highest BCUT2D eigenvalue weighted by atomic mass is 32.1. The molecule has 1 aliphatic heterocycles. The molecule has 0 bridgehead atoms. The first-order valence-electron chi connectivity index (χ1n) is 9.14. The number of ether oxygens (including phenoxy) is 2. The topological polar surface area (TPSA) is 79.9 Å². The maximum atomic E-state index is 12.2. The molecule has 1 aromatic carbocycles. The Balaban J connectivity index is 1.55. The number of hydrogen-bond acceptors (Lipinski definition) is 6. The second-order valence-corrected chi connectivity index (χ2v) is 7.50. The Labute approximate surface area is 162 Å². The summed E-state index contributed by atoms with van der Waals surface area (Å²) >= 11 is 1.38. The third-order valence-corrected chi connectivity index (χ3v) is 5.57.